The molecule has 26 heavy (non-hydrogen) atoms. The van der Waals surface area contributed by atoms with E-state index in [1.807, 2.05) is 0 Å². The predicted molar refractivity (Wildman–Crippen MR) is 98.0 cm³/mol. The third-order valence-corrected chi connectivity index (χ3v) is 4.59. The van der Waals surface area contributed by atoms with Gasteiger partial charge in [0.15, 0.2) is 11.5 Å². The summed E-state index contributed by atoms with van der Waals surface area (Å²) < 4.78 is 10.6. The molecule has 0 saturated carbocycles. The maximum Gasteiger partial charge on any atom is 0.286 e. The summed E-state index contributed by atoms with van der Waals surface area (Å²) in [5.41, 5.74) is -0.213. The number of nitrogens with zero attached hydrogens (tertiary/aromatic N) is 2. The van der Waals surface area contributed by atoms with E-state index in [0.717, 1.165) is 25.9 Å². The van der Waals surface area contributed by atoms with Gasteiger partial charge >= 0.3 is 0 Å². The maximum atomic E-state index is 12.9. The fourth-order valence-electron chi connectivity index (χ4n) is 3.16. The first-order chi connectivity index (χ1) is 12.5. The lowest BCUT2D eigenvalue weighted by Gasteiger charge is -2.32. The Balaban J connectivity index is 2.21. The highest BCUT2D eigenvalue weighted by Crippen LogP contribution is 2.35. The molecule has 0 aromatic heterocycles. The van der Waals surface area contributed by atoms with Gasteiger partial charge in [-0.3, -0.25) is 14.9 Å². The summed E-state index contributed by atoms with van der Waals surface area (Å²) in [6, 6.07) is 2.68. The number of carbonyl (C=O) groups excluding carboxylic acids is 1. The van der Waals surface area contributed by atoms with Crippen LogP contribution in [0.1, 0.15) is 37.0 Å². The molecular weight excluding hydrogens is 338 g/mol. The Morgan fingerprint density at radius 3 is 2.54 bits per heavy atom. The van der Waals surface area contributed by atoms with Crippen LogP contribution in [0, 0.1) is 16.0 Å². The van der Waals surface area contributed by atoms with Crippen molar-refractivity contribution in [1.29, 1.82) is 0 Å². The number of amides is 1. The summed E-state index contributed by atoms with van der Waals surface area (Å²) in [5, 5.41) is 14.8. The van der Waals surface area contributed by atoms with Crippen LogP contribution in [0.15, 0.2) is 12.1 Å². The van der Waals surface area contributed by atoms with Gasteiger partial charge in [-0.05, 0) is 38.8 Å². The van der Waals surface area contributed by atoms with Crippen LogP contribution in [-0.4, -0.2) is 55.6 Å². The number of carbonyl (C=O) groups is 1. The minimum Gasteiger partial charge on any atom is -0.493 e. The fraction of sp³-hybridized carbons (Fsp3) is 0.611. The second-order valence-electron chi connectivity index (χ2n) is 6.25. The molecule has 1 N–H and O–H groups in total. The molecule has 1 aromatic rings. The van der Waals surface area contributed by atoms with Crippen molar-refractivity contribution in [2.75, 3.05) is 39.9 Å². The van der Waals surface area contributed by atoms with Gasteiger partial charge < -0.3 is 19.7 Å². The van der Waals surface area contributed by atoms with Gasteiger partial charge in [0.25, 0.3) is 11.6 Å². The number of hydrogen-bond acceptors (Lipinski definition) is 6. The second kappa shape index (κ2) is 9.38. The van der Waals surface area contributed by atoms with Gasteiger partial charge in [0.1, 0.15) is 5.56 Å². The summed E-state index contributed by atoms with van der Waals surface area (Å²) in [6.07, 6.45) is 1.78. The van der Waals surface area contributed by atoms with Crippen LogP contribution < -0.4 is 14.8 Å². The van der Waals surface area contributed by atoms with Crippen molar-refractivity contribution in [1.82, 2.24) is 10.2 Å². The maximum absolute atomic E-state index is 12.9. The Hall–Kier alpha value is -2.35. The van der Waals surface area contributed by atoms with Gasteiger partial charge in [0, 0.05) is 19.2 Å². The Morgan fingerprint density at radius 1 is 1.31 bits per heavy atom. The smallest absolute Gasteiger partial charge is 0.286 e. The average Bonchev–Trinajstić information content (AvgIpc) is 2.66. The van der Waals surface area contributed by atoms with E-state index in [0.29, 0.717) is 31.4 Å². The molecule has 1 aliphatic rings. The first-order valence-corrected chi connectivity index (χ1v) is 9.00. The van der Waals surface area contributed by atoms with Crippen LogP contribution >= 0.6 is 0 Å². The molecule has 0 aliphatic carbocycles. The first kappa shape index (κ1) is 20.0. The van der Waals surface area contributed by atoms with E-state index in [4.69, 9.17) is 9.47 Å². The zero-order chi connectivity index (χ0) is 19.1. The standard InChI is InChI=1S/C18H27N3O5/c1-4-19-12-13-6-8-20(9-7-13)18(22)14-10-16(25-3)17(26-5-2)11-15(14)21(23)24/h10-11,13,19H,4-9,12H2,1-3H3. The number of rotatable bonds is 8. The lowest BCUT2D eigenvalue weighted by atomic mass is 9.96. The third kappa shape index (κ3) is 4.63. The number of nitrogens with one attached hydrogen (secondary N) is 1. The normalized spacial score (nSPS) is 15.0. The van der Waals surface area contributed by atoms with Crippen LogP contribution in [0.2, 0.25) is 0 Å². The predicted octanol–water partition coefficient (Wildman–Crippen LogP) is 2.46. The van der Waals surface area contributed by atoms with Gasteiger partial charge in [0.05, 0.1) is 24.7 Å². The van der Waals surface area contributed by atoms with E-state index < -0.39 is 4.92 Å². The zero-order valence-corrected chi connectivity index (χ0v) is 15.6. The van der Waals surface area contributed by atoms with E-state index >= 15 is 0 Å². The summed E-state index contributed by atoms with van der Waals surface area (Å²) in [6.45, 7) is 7.26. The number of piperidine rings is 1. The lowest BCUT2D eigenvalue weighted by molar-refractivity contribution is -0.385. The molecule has 1 amide bonds. The van der Waals surface area contributed by atoms with Crippen LogP contribution in [0.3, 0.4) is 0 Å². The highest BCUT2D eigenvalue weighted by molar-refractivity contribution is 5.99. The molecule has 8 nitrogen and oxygen atoms in total. The molecule has 144 valence electrons. The molecule has 1 heterocycles. The highest BCUT2D eigenvalue weighted by atomic mass is 16.6. The summed E-state index contributed by atoms with van der Waals surface area (Å²) in [7, 11) is 1.45. The number of ether oxygens (including phenoxy) is 2. The number of hydrogen-bond donors (Lipinski definition) is 1. The molecule has 1 fully saturated rings. The van der Waals surface area contributed by atoms with Gasteiger partial charge in [0.2, 0.25) is 0 Å². The minimum absolute atomic E-state index is 0.0421. The molecule has 1 aromatic carbocycles. The number of benzene rings is 1. The molecule has 0 bridgehead atoms. The summed E-state index contributed by atoms with van der Waals surface area (Å²) in [4.78, 5) is 25.5. The SMILES string of the molecule is CCNCC1CCN(C(=O)c2cc(OC)c(OCC)cc2[N+](=O)[O-])CC1. The molecule has 0 atom stereocenters. The highest BCUT2D eigenvalue weighted by Gasteiger charge is 2.30. The van der Waals surface area contributed by atoms with Crippen molar-refractivity contribution in [3.05, 3.63) is 27.8 Å². The Labute approximate surface area is 153 Å². The molecule has 1 saturated heterocycles. The van der Waals surface area contributed by atoms with Crippen molar-refractivity contribution in [2.24, 2.45) is 5.92 Å². The van der Waals surface area contributed by atoms with Gasteiger partial charge in [-0.1, -0.05) is 6.92 Å². The second-order valence-corrected chi connectivity index (χ2v) is 6.25. The van der Waals surface area contributed by atoms with Crippen molar-refractivity contribution in [3.8, 4) is 11.5 Å². The summed E-state index contributed by atoms with van der Waals surface area (Å²) >= 11 is 0. The van der Waals surface area contributed by atoms with Crippen molar-refractivity contribution in [3.63, 3.8) is 0 Å². The van der Waals surface area contributed by atoms with Crippen LogP contribution in [0.4, 0.5) is 5.69 Å². The van der Waals surface area contributed by atoms with Crippen LogP contribution in [0.25, 0.3) is 0 Å². The first-order valence-electron chi connectivity index (χ1n) is 9.00. The largest absolute Gasteiger partial charge is 0.493 e. The van der Waals surface area contributed by atoms with Crippen LogP contribution in [0.5, 0.6) is 11.5 Å². The number of likely N-dealkylation sites (tertiary alicyclic amines) is 1. The molecule has 0 radical (unpaired) electrons. The Morgan fingerprint density at radius 2 is 2.00 bits per heavy atom. The number of methoxy groups -OCH3 is 1. The van der Waals surface area contributed by atoms with Gasteiger partial charge in [-0.15, -0.1) is 0 Å². The third-order valence-electron chi connectivity index (χ3n) is 4.59. The van der Waals surface area contributed by atoms with Crippen LogP contribution in [-0.2, 0) is 0 Å². The average molecular weight is 365 g/mol. The van der Waals surface area contributed by atoms with Crippen molar-refractivity contribution in [2.45, 2.75) is 26.7 Å². The Bertz CT molecular complexity index is 642. The molecule has 0 unspecified atom stereocenters. The Kier molecular flexibility index (Phi) is 7.20. The van der Waals surface area contributed by atoms with Gasteiger partial charge in [-0.25, -0.2) is 0 Å². The quantitative estimate of drug-likeness (QED) is 0.562. The van der Waals surface area contributed by atoms with E-state index in [2.05, 4.69) is 12.2 Å². The van der Waals surface area contributed by atoms with E-state index in [1.165, 1.54) is 19.2 Å². The molecular formula is C18H27N3O5. The fourth-order valence-corrected chi connectivity index (χ4v) is 3.16. The van der Waals surface area contributed by atoms with E-state index in [-0.39, 0.29) is 22.9 Å². The van der Waals surface area contributed by atoms with Crippen molar-refractivity contribution < 1.29 is 19.2 Å². The molecule has 2 rings (SSSR count). The number of nitro benzene ring substituents is 1. The van der Waals surface area contributed by atoms with Crippen molar-refractivity contribution >= 4 is 11.6 Å². The topological polar surface area (TPSA) is 93.9 Å². The monoisotopic (exact) mass is 365 g/mol. The summed E-state index contributed by atoms with van der Waals surface area (Å²) in [5.74, 6) is 0.786. The van der Waals surface area contributed by atoms with E-state index in [1.54, 1.807) is 11.8 Å². The number of nitro groups is 1. The molecule has 1 aliphatic heterocycles. The van der Waals surface area contributed by atoms with E-state index in [9.17, 15) is 14.9 Å². The molecule has 0 spiro atoms. The zero-order valence-electron chi connectivity index (χ0n) is 15.6. The van der Waals surface area contributed by atoms with Gasteiger partial charge in [-0.2, -0.15) is 0 Å². The molecule has 8 heteroatoms. The lowest BCUT2D eigenvalue weighted by Crippen LogP contribution is -2.41. The minimum atomic E-state index is -0.548.